The van der Waals surface area contributed by atoms with E-state index in [0.29, 0.717) is 28.0 Å². The lowest BCUT2D eigenvalue weighted by Crippen LogP contribution is -2.28. The Balaban J connectivity index is 1.96. The van der Waals surface area contributed by atoms with Crippen molar-refractivity contribution in [3.05, 3.63) is 88.7 Å². The summed E-state index contributed by atoms with van der Waals surface area (Å²) in [4.78, 5) is 17.1. The zero-order valence-corrected chi connectivity index (χ0v) is 20.4. The molecule has 0 aliphatic heterocycles. The van der Waals surface area contributed by atoms with E-state index >= 15 is 0 Å². The van der Waals surface area contributed by atoms with Crippen LogP contribution in [0.25, 0.3) is 22.2 Å². The molecule has 0 saturated heterocycles. The van der Waals surface area contributed by atoms with E-state index in [4.69, 9.17) is 9.72 Å². The fourth-order valence-corrected chi connectivity index (χ4v) is 4.29. The average molecular weight is 479 g/mol. The van der Waals surface area contributed by atoms with E-state index in [2.05, 4.69) is 0 Å². The first-order valence-corrected chi connectivity index (χ1v) is 11.3. The van der Waals surface area contributed by atoms with Crippen molar-refractivity contribution < 1.29 is 23.4 Å². The smallest absolute Gasteiger partial charge is 0.337 e. The number of nitrogens with zero attached hydrogens (tertiary/aromatic N) is 2. The van der Waals surface area contributed by atoms with Crippen LogP contribution in [-0.4, -0.2) is 26.2 Å². The molecule has 0 bridgehead atoms. The van der Waals surface area contributed by atoms with E-state index < -0.39 is 29.3 Å². The van der Waals surface area contributed by atoms with Gasteiger partial charge in [0.2, 0.25) is 0 Å². The SMILES string of the molecule is Cc1ccc(-c2c(C(OC(C)(C)C)C(=O)O)c(C)nc3c2ccn3Cc2cc(F)cc(F)c2)cc1. The van der Waals surface area contributed by atoms with Gasteiger partial charge in [-0.1, -0.05) is 29.8 Å². The Bertz CT molecular complexity index is 1380. The fourth-order valence-electron chi connectivity index (χ4n) is 4.29. The summed E-state index contributed by atoms with van der Waals surface area (Å²) in [6.45, 7) is 9.38. The molecule has 5 nitrogen and oxygen atoms in total. The number of halogens is 2. The standard InChI is InChI=1S/C28H28F2N2O3/c1-16-6-8-19(9-7-16)24-22-10-11-32(15-18-12-20(29)14-21(30)13-18)26(22)31-17(2)23(24)25(27(33)34)35-28(3,4)5/h6-14,25H,15H2,1-5H3,(H,33,34). The number of ether oxygens (including phenoxy) is 1. The van der Waals surface area contributed by atoms with E-state index in [0.717, 1.165) is 22.6 Å². The number of aromatic nitrogens is 2. The summed E-state index contributed by atoms with van der Waals surface area (Å²) in [7, 11) is 0. The molecular formula is C28H28F2N2O3. The minimum atomic E-state index is -1.23. The van der Waals surface area contributed by atoms with E-state index in [-0.39, 0.29) is 6.54 Å². The van der Waals surface area contributed by atoms with Crippen LogP contribution in [0.2, 0.25) is 0 Å². The number of aliphatic carboxylic acids is 1. The second-order valence-corrected chi connectivity index (χ2v) is 9.76. The summed E-state index contributed by atoms with van der Waals surface area (Å²) in [6.07, 6.45) is 0.561. The van der Waals surface area contributed by atoms with Crippen LogP contribution in [-0.2, 0) is 16.1 Å². The first-order chi connectivity index (χ1) is 16.4. The van der Waals surface area contributed by atoms with Gasteiger partial charge in [0.15, 0.2) is 6.10 Å². The van der Waals surface area contributed by atoms with Gasteiger partial charge in [-0.3, -0.25) is 0 Å². The normalized spacial score (nSPS) is 12.8. The number of aryl methyl sites for hydroxylation is 2. The van der Waals surface area contributed by atoms with Gasteiger partial charge >= 0.3 is 5.97 Å². The minimum absolute atomic E-state index is 0.207. The van der Waals surface area contributed by atoms with Crippen molar-refractivity contribution in [2.75, 3.05) is 0 Å². The Morgan fingerprint density at radius 2 is 1.69 bits per heavy atom. The van der Waals surface area contributed by atoms with Crippen LogP contribution in [0, 0.1) is 25.5 Å². The zero-order valence-electron chi connectivity index (χ0n) is 20.4. The highest BCUT2D eigenvalue weighted by Gasteiger charge is 2.32. The average Bonchev–Trinajstić information content (AvgIpc) is 3.12. The molecular weight excluding hydrogens is 450 g/mol. The van der Waals surface area contributed by atoms with Crippen molar-refractivity contribution in [3.8, 4) is 11.1 Å². The number of pyridine rings is 1. The lowest BCUT2D eigenvalue weighted by Gasteiger charge is -2.28. The molecule has 182 valence electrons. The van der Waals surface area contributed by atoms with Crippen LogP contribution >= 0.6 is 0 Å². The number of carbonyl (C=O) groups is 1. The fraction of sp³-hybridized carbons (Fsp3) is 0.286. The predicted molar refractivity (Wildman–Crippen MR) is 131 cm³/mol. The van der Waals surface area contributed by atoms with Gasteiger partial charge in [0.05, 0.1) is 5.60 Å². The third-order valence-electron chi connectivity index (χ3n) is 5.71. The molecule has 0 aliphatic carbocycles. The van der Waals surface area contributed by atoms with Gasteiger partial charge < -0.3 is 14.4 Å². The first-order valence-electron chi connectivity index (χ1n) is 11.3. The summed E-state index contributed by atoms with van der Waals surface area (Å²) in [5.74, 6) is -2.40. The van der Waals surface area contributed by atoms with Gasteiger partial charge in [-0.2, -0.15) is 0 Å². The Hall–Kier alpha value is -3.58. The van der Waals surface area contributed by atoms with Gasteiger partial charge in [0, 0.05) is 41.0 Å². The highest BCUT2D eigenvalue weighted by Crippen LogP contribution is 2.39. The number of hydrogen-bond acceptors (Lipinski definition) is 3. The Kier molecular flexibility index (Phi) is 6.47. The molecule has 7 heteroatoms. The highest BCUT2D eigenvalue weighted by molar-refractivity contribution is 5.97. The van der Waals surface area contributed by atoms with Gasteiger partial charge in [0.25, 0.3) is 0 Å². The van der Waals surface area contributed by atoms with Crippen molar-refractivity contribution >= 4 is 17.0 Å². The monoisotopic (exact) mass is 478 g/mol. The maximum absolute atomic E-state index is 13.8. The number of benzene rings is 2. The number of hydrogen-bond donors (Lipinski definition) is 1. The molecule has 1 N–H and O–H groups in total. The van der Waals surface area contributed by atoms with Gasteiger partial charge in [-0.25, -0.2) is 18.6 Å². The number of carboxylic acid groups (broad SMARTS) is 1. The molecule has 2 heterocycles. The molecule has 1 unspecified atom stereocenters. The molecule has 4 rings (SSSR count). The van der Waals surface area contributed by atoms with Crippen molar-refractivity contribution in [1.82, 2.24) is 9.55 Å². The highest BCUT2D eigenvalue weighted by atomic mass is 19.1. The molecule has 2 aromatic carbocycles. The van der Waals surface area contributed by atoms with Crippen LogP contribution in [0.5, 0.6) is 0 Å². The van der Waals surface area contributed by atoms with Crippen molar-refractivity contribution in [3.63, 3.8) is 0 Å². The largest absolute Gasteiger partial charge is 0.479 e. The van der Waals surface area contributed by atoms with E-state index in [1.165, 1.54) is 12.1 Å². The third-order valence-corrected chi connectivity index (χ3v) is 5.71. The number of fused-ring (bicyclic) bond motifs is 1. The molecule has 0 radical (unpaired) electrons. The summed E-state index contributed by atoms with van der Waals surface area (Å²) < 4.78 is 35.3. The molecule has 4 aromatic rings. The molecule has 0 aliphatic rings. The second kappa shape index (κ2) is 9.23. The first kappa shape index (κ1) is 24.5. The van der Waals surface area contributed by atoms with E-state index in [1.54, 1.807) is 17.7 Å². The lowest BCUT2D eigenvalue weighted by molar-refractivity contribution is -0.160. The number of carboxylic acids is 1. The summed E-state index contributed by atoms with van der Waals surface area (Å²) in [5.41, 5.74) is 3.96. The molecule has 0 saturated carbocycles. The molecule has 2 aromatic heterocycles. The Morgan fingerprint density at radius 3 is 2.26 bits per heavy atom. The number of rotatable bonds is 6. The van der Waals surface area contributed by atoms with Crippen LogP contribution in [0.3, 0.4) is 0 Å². The van der Waals surface area contributed by atoms with Crippen molar-refractivity contribution in [2.24, 2.45) is 0 Å². The molecule has 0 spiro atoms. The van der Waals surface area contributed by atoms with E-state index in [1.807, 2.05) is 58.0 Å². The minimum Gasteiger partial charge on any atom is -0.479 e. The summed E-state index contributed by atoms with van der Waals surface area (Å²) >= 11 is 0. The quantitative estimate of drug-likeness (QED) is 0.340. The van der Waals surface area contributed by atoms with Gasteiger partial charge in [-0.15, -0.1) is 0 Å². The molecule has 35 heavy (non-hydrogen) atoms. The Labute approximate surface area is 203 Å². The lowest BCUT2D eigenvalue weighted by atomic mass is 9.92. The van der Waals surface area contributed by atoms with Crippen LogP contribution in [0.1, 0.15) is 49.3 Å². The second-order valence-electron chi connectivity index (χ2n) is 9.76. The molecule has 1 atom stereocenters. The predicted octanol–water partition coefficient (Wildman–Crippen LogP) is 6.59. The third kappa shape index (κ3) is 5.25. The van der Waals surface area contributed by atoms with Gasteiger partial charge in [-0.05, 0) is 63.9 Å². The van der Waals surface area contributed by atoms with Crippen molar-refractivity contribution in [1.29, 1.82) is 0 Å². The molecule has 0 fully saturated rings. The zero-order chi connectivity index (χ0) is 25.5. The van der Waals surface area contributed by atoms with E-state index in [9.17, 15) is 18.7 Å². The van der Waals surface area contributed by atoms with Crippen LogP contribution in [0.4, 0.5) is 8.78 Å². The molecule has 0 amide bonds. The van der Waals surface area contributed by atoms with Crippen molar-refractivity contribution in [2.45, 2.75) is 52.9 Å². The summed E-state index contributed by atoms with van der Waals surface area (Å²) in [6, 6.07) is 13.1. The van der Waals surface area contributed by atoms with Crippen LogP contribution < -0.4 is 0 Å². The van der Waals surface area contributed by atoms with Crippen LogP contribution in [0.15, 0.2) is 54.7 Å². The maximum atomic E-state index is 13.8. The topological polar surface area (TPSA) is 64.3 Å². The maximum Gasteiger partial charge on any atom is 0.337 e. The summed E-state index contributed by atoms with van der Waals surface area (Å²) in [5, 5.41) is 10.9. The van der Waals surface area contributed by atoms with Gasteiger partial charge in [0.1, 0.15) is 17.3 Å². The Morgan fingerprint density at radius 1 is 1.06 bits per heavy atom.